The predicted octanol–water partition coefficient (Wildman–Crippen LogP) is 0.490. The topological polar surface area (TPSA) is 108 Å². The maximum absolute atomic E-state index is 12.5. The maximum atomic E-state index is 12.5. The zero-order valence-electron chi connectivity index (χ0n) is 12.3. The smallest absolute Gasteiger partial charge is 0.335 e. The van der Waals surface area contributed by atoms with Crippen molar-refractivity contribution < 1.29 is 19.4 Å². The first-order valence-electron chi connectivity index (χ1n) is 7.21. The summed E-state index contributed by atoms with van der Waals surface area (Å²) in [5.41, 5.74) is 0.960. The van der Waals surface area contributed by atoms with Gasteiger partial charge < -0.3 is 20.1 Å². The van der Waals surface area contributed by atoms with E-state index < -0.39 is 5.97 Å². The van der Waals surface area contributed by atoms with Gasteiger partial charge >= 0.3 is 5.97 Å². The van der Waals surface area contributed by atoms with Crippen molar-refractivity contribution in [2.75, 3.05) is 25.0 Å². The molecule has 2 aliphatic rings. The minimum atomic E-state index is -1.10. The number of carboxylic acid groups (broad SMARTS) is 1. The van der Waals surface area contributed by atoms with E-state index in [1.54, 1.807) is 6.07 Å². The Balaban J connectivity index is 1.76. The van der Waals surface area contributed by atoms with Gasteiger partial charge in [0.1, 0.15) is 5.70 Å². The summed E-state index contributed by atoms with van der Waals surface area (Å²) in [6.45, 7) is 3.02. The summed E-state index contributed by atoms with van der Waals surface area (Å²) < 4.78 is 5.52. The summed E-state index contributed by atoms with van der Waals surface area (Å²) in [5, 5.41) is 18.9. The van der Waals surface area contributed by atoms with E-state index >= 15 is 0 Å². The van der Waals surface area contributed by atoms with Crippen molar-refractivity contribution in [3.8, 4) is 0 Å². The fraction of sp³-hybridized carbons (Fsp3) is 0.500. The molecule has 1 saturated heterocycles. The number of carboxylic acids is 1. The van der Waals surface area contributed by atoms with E-state index in [9.17, 15) is 14.7 Å². The summed E-state index contributed by atoms with van der Waals surface area (Å²) in [4.78, 5) is 25.4. The van der Waals surface area contributed by atoms with E-state index in [1.807, 2.05) is 6.92 Å². The molecule has 0 saturated carbocycles. The molecule has 0 aromatic carbocycles. The van der Waals surface area contributed by atoms with Gasteiger partial charge in [-0.2, -0.15) is 5.10 Å². The number of aromatic amines is 1. The van der Waals surface area contributed by atoms with Crippen LogP contribution in [-0.2, 0) is 14.3 Å². The van der Waals surface area contributed by atoms with Crippen LogP contribution in [0.15, 0.2) is 17.3 Å². The van der Waals surface area contributed by atoms with Crippen LogP contribution in [0.4, 0.5) is 5.82 Å². The van der Waals surface area contributed by atoms with Crippen LogP contribution in [-0.4, -0.2) is 57.9 Å². The first-order valence-corrected chi connectivity index (χ1v) is 7.21. The highest BCUT2D eigenvalue weighted by molar-refractivity contribution is 6.07. The fourth-order valence-electron chi connectivity index (χ4n) is 2.72. The number of aliphatic carboxylic acids is 1. The zero-order valence-corrected chi connectivity index (χ0v) is 12.3. The lowest BCUT2D eigenvalue weighted by Crippen LogP contribution is -2.35. The Morgan fingerprint density at radius 2 is 2.45 bits per heavy atom. The van der Waals surface area contributed by atoms with Crippen molar-refractivity contribution in [3.05, 3.63) is 23.0 Å². The van der Waals surface area contributed by atoms with Gasteiger partial charge in [0, 0.05) is 24.9 Å². The highest BCUT2D eigenvalue weighted by atomic mass is 16.5. The van der Waals surface area contributed by atoms with Crippen LogP contribution in [0, 0.1) is 6.92 Å². The number of carbonyl (C=O) groups excluding carboxylic acids is 1. The number of carbonyl (C=O) groups is 2. The quantitative estimate of drug-likeness (QED) is 0.731. The number of ether oxygens (including phenoxy) is 1. The van der Waals surface area contributed by atoms with Crippen molar-refractivity contribution in [3.63, 3.8) is 0 Å². The molecule has 118 valence electrons. The summed E-state index contributed by atoms with van der Waals surface area (Å²) in [7, 11) is 0. The van der Waals surface area contributed by atoms with E-state index in [2.05, 4.69) is 15.5 Å². The molecular formula is C14H18N4O4. The Bertz CT molecular complexity index is 631. The molecule has 0 aliphatic carbocycles. The third kappa shape index (κ3) is 2.82. The van der Waals surface area contributed by atoms with Gasteiger partial charge in [0.2, 0.25) is 0 Å². The Morgan fingerprint density at radius 3 is 3.05 bits per heavy atom. The molecule has 1 aromatic rings. The van der Waals surface area contributed by atoms with Gasteiger partial charge in [-0.3, -0.25) is 9.89 Å². The minimum Gasteiger partial charge on any atom is -0.478 e. The monoisotopic (exact) mass is 306 g/mol. The van der Waals surface area contributed by atoms with Gasteiger partial charge in [-0.05, 0) is 19.8 Å². The molecule has 8 nitrogen and oxygen atoms in total. The van der Waals surface area contributed by atoms with Gasteiger partial charge in [-0.15, -0.1) is 0 Å². The van der Waals surface area contributed by atoms with Crippen LogP contribution in [0.25, 0.3) is 0 Å². The lowest BCUT2D eigenvalue weighted by Gasteiger charge is -2.20. The maximum Gasteiger partial charge on any atom is 0.335 e. The van der Waals surface area contributed by atoms with Gasteiger partial charge in [0.15, 0.2) is 5.82 Å². The van der Waals surface area contributed by atoms with E-state index in [1.165, 1.54) is 4.90 Å². The van der Waals surface area contributed by atoms with Crippen molar-refractivity contribution in [2.24, 2.45) is 0 Å². The molecule has 2 aliphatic heterocycles. The molecule has 3 N–H and O–H groups in total. The minimum absolute atomic E-state index is 0.00836. The molecule has 1 aromatic heterocycles. The van der Waals surface area contributed by atoms with Crippen LogP contribution in [0.2, 0.25) is 0 Å². The summed E-state index contributed by atoms with van der Waals surface area (Å²) in [5.74, 6) is -0.995. The van der Waals surface area contributed by atoms with E-state index in [0.717, 1.165) is 18.5 Å². The number of nitrogens with one attached hydrogen (secondary N) is 2. The highest BCUT2D eigenvalue weighted by Crippen LogP contribution is 2.23. The number of nitrogens with zero attached hydrogens (tertiary/aromatic N) is 2. The number of hydrogen-bond acceptors (Lipinski definition) is 5. The molecule has 0 spiro atoms. The number of aryl methyl sites for hydroxylation is 1. The van der Waals surface area contributed by atoms with Crippen LogP contribution in [0.5, 0.6) is 0 Å². The molecule has 0 radical (unpaired) electrons. The summed E-state index contributed by atoms with van der Waals surface area (Å²) in [6.07, 6.45) is 1.86. The van der Waals surface area contributed by atoms with Crippen molar-refractivity contribution in [1.82, 2.24) is 15.1 Å². The molecule has 0 unspecified atom stereocenters. The second-order valence-corrected chi connectivity index (χ2v) is 5.54. The Morgan fingerprint density at radius 1 is 1.64 bits per heavy atom. The van der Waals surface area contributed by atoms with Gasteiger partial charge in [0.25, 0.3) is 5.91 Å². The molecule has 3 rings (SSSR count). The molecule has 8 heteroatoms. The first-order chi connectivity index (χ1) is 10.5. The SMILES string of the molecule is Cc1cc(NC2=C(C(=O)O)CN(C[C@@H]3CCCO3)C2=O)n[nH]1. The number of aromatic nitrogens is 2. The van der Waals surface area contributed by atoms with E-state index in [4.69, 9.17) is 4.74 Å². The number of H-pyrrole nitrogens is 1. The largest absolute Gasteiger partial charge is 0.478 e. The Labute approximate surface area is 127 Å². The second-order valence-electron chi connectivity index (χ2n) is 5.54. The fourth-order valence-corrected chi connectivity index (χ4v) is 2.72. The van der Waals surface area contributed by atoms with Crippen LogP contribution in [0.3, 0.4) is 0 Å². The Kier molecular flexibility index (Phi) is 3.84. The molecular weight excluding hydrogens is 288 g/mol. The molecule has 3 heterocycles. The third-order valence-corrected chi connectivity index (χ3v) is 3.82. The van der Waals surface area contributed by atoms with E-state index in [0.29, 0.717) is 19.0 Å². The van der Waals surface area contributed by atoms with Gasteiger partial charge in [-0.25, -0.2) is 4.79 Å². The molecule has 1 amide bonds. The highest BCUT2D eigenvalue weighted by Gasteiger charge is 2.36. The first kappa shape index (κ1) is 14.6. The van der Waals surface area contributed by atoms with Crippen molar-refractivity contribution in [1.29, 1.82) is 0 Å². The van der Waals surface area contributed by atoms with Crippen LogP contribution >= 0.6 is 0 Å². The number of rotatable bonds is 5. The third-order valence-electron chi connectivity index (χ3n) is 3.82. The summed E-state index contributed by atoms with van der Waals surface area (Å²) >= 11 is 0. The molecule has 0 bridgehead atoms. The van der Waals surface area contributed by atoms with Gasteiger partial charge in [-0.1, -0.05) is 0 Å². The number of hydrogen-bond donors (Lipinski definition) is 3. The zero-order chi connectivity index (χ0) is 15.7. The molecule has 1 atom stereocenters. The van der Waals surface area contributed by atoms with Crippen molar-refractivity contribution >= 4 is 17.7 Å². The standard InChI is InChI=1S/C14H18N4O4/c1-8-5-11(17-16-8)15-12-10(14(20)21)7-18(13(12)19)6-9-3-2-4-22-9/h5,9H,2-4,6-7H2,1H3,(H,20,21)(H2,15,16,17)/t9-/m0/s1. The van der Waals surface area contributed by atoms with Crippen molar-refractivity contribution in [2.45, 2.75) is 25.9 Å². The average Bonchev–Trinajstić information content (AvgIpc) is 3.17. The number of anilines is 1. The average molecular weight is 306 g/mol. The van der Waals surface area contributed by atoms with Crippen LogP contribution in [0.1, 0.15) is 18.5 Å². The predicted molar refractivity (Wildman–Crippen MR) is 77.2 cm³/mol. The van der Waals surface area contributed by atoms with E-state index in [-0.39, 0.29) is 29.8 Å². The van der Waals surface area contributed by atoms with Gasteiger partial charge in [0.05, 0.1) is 18.2 Å². The summed E-state index contributed by atoms with van der Waals surface area (Å²) in [6, 6.07) is 1.71. The normalized spacial score (nSPS) is 21.8. The molecule has 1 fully saturated rings. The lowest BCUT2D eigenvalue weighted by atomic mass is 10.2. The second kappa shape index (κ2) is 5.80. The number of amides is 1. The van der Waals surface area contributed by atoms with Crippen LogP contribution < -0.4 is 5.32 Å². The lowest BCUT2D eigenvalue weighted by molar-refractivity contribution is -0.132. The molecule has 22 heavy (non-hydrogen) atoms. The Hall–Kier alpha value is -2.35.